The van der Waals surface area contributed by atoms with Gasteiger partial charge in [-0.3, -0.25) is 0 Å². The number of para-hydroxylation sites is 1. The topological polar surface area (TPSA) is 90.1 Å². The Hall–Kier alpha value is -3.41. The highest BCUT2D eigenvalue weighted by molar-refractivity contribution is 5.96. The van der Waals surface area contributed by atoms with E-state index in [4.69, 9.17) is 10.5 Å². The molecule has 0 spiro atoms. The molecule has 25 heavy (non-hydrogen) atoms. The van der Waals surface area contributed by atoms with Crippen LogP contribution in [0.4, 0.5) is 17.5 Å². The van der Waals surface area contributed by atoms with Gasteiger partial charge in [-0.1, -0.05) is 42.5 Å². The highest BCUT2D eigenvalue weighted by Gasteiger charge is 2.13. The lowest BCUT2D eigenvalue weighted by molar-refractivity contribution is 0.0527. The number of hydrogen-bond acceptors (Lipinski definition) is 6. The minimum atomic E-state index is -0.393. The molecule has 6 nitrogen and oxygen atoms in total. The van der Waals surface area contributed by atoms with Gasteiger partial charge in [0.2, 0.25) is 5.95 Å². The molecule has 3 rings (SSSR count). The number of aromatic nitrogens is 2. The Kier molecular flexibility index (Phi) is 4.89. The Labute approximate surface area is 145 Å². The van der Waals surface area contributed by atoms with E-state index in [1.54, 1.807) is 31.2 Å². The molecule has 0 aliphatic carbocycles. The largest absolute Gasteiger partial charge is 0.462 e. The number of nitrogens with two attached hydrogens (primary N) is 1. The molecule has 1 heterocycles. The van der Waals surface area contributed by atoms with Crippen molar-refractivity contribution in [1.82, 2.24) is 9.97 Å². The first-order valence-electron chi connectivity index (χ1n) is 7.90. The van der Waals surface area contributed by atoms with Gasteiger partial charge in [0, 0.05) is 11.6 Å². The van der Waals surface area contributed by atoms with Gasteiger partial charge in [-0.05, 0) is 19.1 Å². The molecule has 2 aromatic carbocycles. The second-order valence-corrected chi connectivity index (χ2v) is 5.25. The Morgan fingerprint density at radius 1 is 1.08 bits per heavy atom. The van der Waals surface area contributed by atoms with Crippen molar-refractivity contribution >= 4 is 23.4 Å². The number of anilines is 3. The van der Waals surface area contributed by atoms with Gasteiger partial charge in [-0.25, -0.2) is 9.78 Å². The van der Waals surface area contributed by atoms with Crippen LogP contribution in [0.5, 0.6) is 0 Å². The van der Waals surface area contributed by atoms with Gasteiger partial charge in [-0.2, -0.15) is 4.98 Å². The monoisotopic (exact) mass is 334 g/mol. The molecule has 0 saturated carbocycles. The molecule has 6 heteroatoms. The molecule has 0 unspecified atom stereocenters. The number of rotatable bonds is 5. The van der Waals surface area contributed by atoms with Crippen LogP contribution in [-0.4, -0.2) is 22.5 Å². The van der Waals surface area contributed by atoms with Gasteiger partial charge in [0.05, 0.1) is 23.6 Å². The van der Waals surface area contributed by atoms with Gasteiger partial charge < -0.3 is 15.8 Å². The zero-order valence-corrected chi connectivity index (χ0v) is 13.8. The molecule has 0 amide bonds. The van der Waals surface area contributed by atoms with E-state index >= 15 is 0 Å². The molecule has 0 radical (unpaired) electrons. The normalized spacial score (nSPS) is 10.3. The Bertz CT molecular complexity index is 882. The summed E-state index contributed by atoms with van der Waals surface area (Å²) in [5.41, 5.74) is 8.50. The summed E-state index contributed by atoms with van der Waals surface area (Å²) in [6, 6.07) is 18.5. The number of nitrogen functional groups attached to an aromatic ring is 1. The van der Waals surface area contributed by atoms with Crippen molar-refractivity contribution < 1.29 is 9.53 Å². The second-order valence-electron chi connectivity index (χ2n) is 5.25. The third-order valence-electron chi connectivity index (χ3n) is 3.50. The number of nitrogens with zero attached hydrogens (tertiary/aromatic N) is 2. The van der Waals surface area contributed by atoms with Crippen LogP contribution < -0.4 is 11.1 Å². The van der Waals surface area contributed by atoms with E-state index in [9.17, 15) is 4.79 Å². The summed E-state index contributed by atoms with van der Waals surface area (Å²) in [5.74, 6) is 0.261. The summed E-state index contributed by atoms with van der Waals surface area (Å²) in [6.45, 7) is 2.08. The van der Waals surface area contributed by atoms with Gasteiger partial charge >= 0.3 is 5.97 Å². The number of esters is 1. The molecule has 3 aromatic rings. The van der Waals surface area contributed by atoms with E-state index in [1.807, 2.05) is 36.4 Å². The SMILES string of the molecule is CCOC(=O)c1ccccc1Nc1cc(-c2ccccc2)nc(N)n1. The Balaban J connectivity index is 1.94. The highest BCUT2D eigenvalue weighted by Crippen LogP contribution is 2.25. The summed E-state index contributed by atoms with van der Waals surface area (Å²) < 4.78 is 5.09. The highest BCUT2D eigenvalue weighted by atomic mass is 16.5. The maximum absolute atomic E-state index is 12.1. The average Bonchev–Trinajstić information content (AvgIpc) is 2.62. The van der Waals surface area contributed by atoms with Crippen molar-refractivity contribution in [3.05, 3.63) is 66.2 Å². The third kappa shape index (κ3) is 3.92. The van der Waals surface area contributed by atoms with E-state index in [2.05, 4.69) is 15.3 Å². The van der Waals surface area contributed by atoms with Crippen LogP contribution in [-0.2, 0) is 4.74 Å². The van der Waals surface area contributed by atoms with Crippen molar-refractivity contribution in [3.63, 3.8) is 0 Å². The minimum absolute atomic E-state index is 0.150. The van der Waals surface area contributed by atoms with Crippen LogP contribution in [0.15, 0.2) is 60.7 Å². The molecule has 0 saturated heterocycles. The first-order chi connectivity index (χ1) is 12.2. The summed E-state index contributed by atoms with van der Waals surface area (Å²) in [7, 11) is 0. The van der Waals surface area contributed by atoms with Crippen LogP contribution in [0.2, 0.25) is 0 Å². The summed E-state index contributed by atoms with van der Waals surface area (Å²) >= 11 is 0. The maximum Gasteiger partial charge on any atom is 0.340 e. The van der Waals surface area contributed by atoms with Crippen molar-refractivity contribution in [2.45, 2.75) is 6.92 Å². The van der Waals surface area contributed by atoms with Crippen LogP contribution in [0.25, 0.3) is 11.3 Å². The summed E-state index contributed by atoms with van der Waals surface area (Å²) in [5, 5.41) is 3.13. The standard InChI is InChI=1S/C19H18N4O2/c1-2-25-18(24)14-10-6-7-11-15(14)21-17-12-16(22-19(20)23-17)13-8-4-3-5-9-13/h3-12H,2H2,1H3,(H3,20,21,22,23). The van der Waals surface area contributed by atoms with Crippen molar-refractivity contribution in [3.8, 4) is 11.3 Å². The minimum Gasteiger partial charge on any atom is -0.462 e. The van der Waals surface area contributed by atoms with Crippen LogP contribution in [0.1, 0.15) is 17.3 Å². The van der Waals surface area contributed by atoms with Gasteiger partial charge in [-0.15, -0.1) is 0 Å². The van der Waals surface area contributed by atoms with E-state index < -0.39 is 5.97 Å². The van der Waals surface area contributed by atoms with E-state index in [0.29, 0.717) is 29.4 Å². The fourth-order valence-corrected chi connectivity index (χ4v) is 2.40. The maximum atomic E-state index is 12.1. The fourth-order valence-electron chi connectivity index (χ4n) is 2.40. The lowest BCUT2D eigenvalue weighted by Gasteiger charge is -2.12. The Morgan fingerprint density at radius 2 is 1.80 bits per heavy atom. The molecule has 3 N–H and O–H groups in total. The lowest BCUT2D eigenvalue weighted by atomic mass is 10.1. The fraction of sp³-hybridized carbons (Fsp3) is 0.105. The molecule has 0 bridgehead atoms. The molecule has 0 atom stereocenters. The van der Waals surface area contributed by atoms with E-state index in [1.165, 1.54) is 0 Å². The summed E-state index contributed by atoms with van der Waals surface area (Å²) in [4.78, 5) is 20.6. The number of carbonyl (C=O) groups is 1. The molecule has 126 valence electrons. The Morgan fingerprint density at radius 3 is 2.56 bits per heavy atom. The first-order valence-corrected chi connectivity index (χ1v) is 7.90. The molecule has 0 fully saturated rings. The zero-order valence-electron chi connectivity index (χ0n) is 13.8. The van der Waals surface area contributed by atoms with E-state index in [-0.39, 0.29) is 5.95 Å². The smallest absolute Gasteiger partial charge is 0.340 e. The number of benzene rings is 2. The molecular formula is C19H18N4O2. The van der Waals surface area contributed by atoms with Crippen molar-refractivity contribution in [2.75, 3.05) is 17.7 Å². The third-order valence-corrected chi connectivity index (χ3v) is 3.50. The van der Waals surface area contributed by atoms with Crippen molar-refractivity contribution in [1.29, 1.82) is 0 Å². The second kappa shape index (κ2) is 7.44. The zero-order chi connectivity index (χ0) is 17.6. The number of carbonyl (C=O) groups excluding carboxylic acids is 1. The average molecular weight is 334 g/mol. The predicted molar refractivity (Wildman–Crippen MR) is 97.6 cm³/mol. The molecular weight excluding hydrogens is 316 g/mol. The molecule has 0 aliphatic heterocycles. The number of ether oxygens (including phenoxy) is 1. The quantitative estimate of drug-likeness (QED) is 0.692. The predicted octanol–water partition coefficient (Wildman–Crippen LogP) is 3.65. The van der Waals surface area contributed by atoms with Gasteiger partial charge in [0.25, 0.3) is 0 Å². The number of nitrogens with one attached hydrogen (secondary N) is 1. The van der Waals surface area contributed by atoms with Crippen molar-refractivity contribution in [2.24, 2.45) is 0 Å². The molecule has 0 aliphatic rings. The van der Waals surface area contributed by atoms with Crippen LogP contribution >= 0.6 is 0 Å². The van der Waals surface area contributed by atoms with E-state index in [0.717, 1.165) is 5.56 Å². The van der Waals surface area contributed by atoms with Gasteiger partial charge in [0.1, 0.15) is 5.82 Å². The van der Waals surface area contributed by atoms with Crippen LogP contribution in [0.3, 0.4) is 0 Å². The van der Waals surface area contributed by atoms with Crippen LogP contribution in [0, 0.1) is 0 Å². The first kappa shape index (κ1) is 16.4. The lowest BCUT2D eigenvalue weighted by Crippen LogP contribution is -2.09. The summed E-state index contributed by atoms with van der Waals surface area (Å²) in [6.07, 6.45) is 0. The molecule has 1 aromatic heterocycles. The number of hydrogen-bond donors (Lipinski definition) is 2. The van der Waals surface area contributed by atoms with Gasteiger partial charge in [0.15, 0.2) is 0 Å².